The lowest BCUT2D eigenvalue weighted by Crippen LogP contribution is -2.10. The summed E-state index contributed by atoms with van der Waals surface area (Å²) in [4.78, 5) is 13.0. The molecule has 0 radical (unpaired) electrons. The Balaban J connectivity index is 1.75. The Kier molecular flexibility index (Phi) is 4.42. The largest absolute Gasteiger partial charge is 0.444 e. The molecule has 2 aromatic heterocycles. The first-order valence-electron chi connectivity index (χ1n) is 6.43. The molecule has 2 heterocycles. The smallest absolute Gasteiger partial charge is 0.291 e. The fourth-order valence-corrected chi connectivity index (χ4v) is 2.66. The number of hydrogen-bond acceptors (Lipinski definition) is 3. The first-order valence-corrected chi connectivity index (χ1v) is 8.10. The van der Waals surface area contributed by atoms with Crippen molar-refractivity contribution < 1.29 is 9.21 Å². The second-order valence-corrected chi connectivity index (χ2v) is 6.10. The molecule has 0 spiro atoms. The third-order valence-electron chi connectivity index (χ3n) is 2.77. The minimum absolute atomic E-state index is 0.252. The molecule has 3 rings (SSSR count). The SMILES string of the molecule is O=C(Nc1cccc(C#Cc2cccs2)c1)c1ccc(Br)o1. The first kappa shape index (κ1) is 14.6. The summed E-state index contributed by atoms with van der Waals surface area (Å²) in [6.07, 6.45) is 0. The van der Waals surface area contributed by atoms with Crippen molar-refractivity contribution in [2.75, 3.05) is 5.32 Å². The van der Waals surface area contributed by atoms with E-state index in [1.165, 1.54) is 0 Å². The highest BCUT2D eigenvalue weighted by atomic mass is 79.9. The Morgan fingerprint density at radius 3 is 2.77 bits per heavy atom. The predicted molar refractivity (Wildman–Crippen MR) is 91.1 cm³/mol. The van der Waals surface area contributed by atoms with E-state index in [1.807, 2.05) is 41.8 Å². The number of carbonyl (C=O) groups excluding carboxylic acids is 1. The minimum Gasteiger partial charge on any atom is -0.444 e. The number of carbonyl (C=O) groups is 1. The van der Waals surface area contributed by atoms with Crippen molar-refractivity contribution >= 4 is 38.9 Å². The lowest BCUT2D eigenvalue weighted by Gasteiger charge is -2.03. The van der Waals surface area contributed by atoms with Crippen LogP contribution in [0.25, 0.3) is 0 Å². The second-order valence-electron chi connectivity index (χ2n) is 4.37. The lowest BCUT2D eigenvalue weighted by molar-refractivity contribution is 0.0995. The molecule has 1 N–H and O–H groups in total. The zero-order valence-electron chi connectivity index (χ0n) is 11.3. The summed E-state index contributed by atoms with van der Waals surface area (Å²) in [6.45, 7) is 0. The van der Waals surface area contributed by atoms with Gasteiger partial charge >= 0.3 is 0 Å². The van der Waals surface area contributed by atoms with Crippen molar-refractivity contribution in [2.24, 2.45) is 0 Å². The Labute approximate surface area is 140 Å². The van der Waals surface area contributed by atoms with E-state index in [0.717, 1.165) is 10.4 Å². The molecule has 3 aromatic rings. The van der Waals surface area contributed by atoms with Gasteiger partial charge in [0, 0.05) is 11.3 Å². The fraction of sp³-hybridized carbons (Fsp3) is 0. The van der Waals surface area contributed by atoms with Crippen LogP contribution in [0.2, 0.25) is 0 Å². The molecule has 0 fully saturated rings. The molecular weight excluding hydrogens is 362 g/mol. The van der Waals surface area contributed by atoms with Gasteiger partial charge in [-0.25, -0.2) is 0 Å². The number of rotatable bonds is 2. The molecule has 0 unspecified atom stereocenters. The summed E-state index contributed by atoms with van der Waals surface area (Å²) in [6, 6.07) is 14.6. The van der Waals surface area contributed by atoms with Gasteiger partial charge in [-0.2, -0.15) is 0 Å². The van der Waals surface area contributed by atoms with Crippen molar-refractivity contribution in [2.45, 2.75) is 0 Å². The van der Waals surface area contributed by atoms with Crippen LogP contribution in [0.5, 0.6) is 0 Å². The van der Waals surface area contributed by atoms with Gasteiger partial charge in [-0.3, -0.25) is 4.79 Å². The molecular formula is C17H10BrNO2S. The maximum Gasteiger partial charge on any atom is 0.291 e. The number of thiophene rings is 1. The summed E-state index contributed by atoms with van der Waals surface area (Å²) in [5.41, 5.74) is 1.52. The van der Waals surface area contributed by atoms with E-state index in [-0.39, 0.29) is 11.7 Å². The molecule has 108 valence electrons. The molecule has 0 aliphatic rings. The summed E-state index contributed by atoms with van der Waals surface area (Å²) < 4.78 is 5.74. The molecule has 0 saturated carbocycles. The summed E-state index contributed by atoms with van der Waals surface area (Å²) in [5, 5.41) is 4.77. The van der Waals surface area contributed by atoms with Gasteiger partial charge in [-0.05, 0) is 57.7 Å². The normalized spacial score (nSPS) is 9.86. The van der Waals surface area contributed by atoms with Gasteiger partial charge < -0.3 is 9.73 Å². The van der Waals surface area contributed by atoms with Gasteiger partial charge in [-0.1, -0.05) is 24.0 Å². The third kappa shape index (κ3) is 3.67. The van der Waals surface area contributed by atoms with Crippen LogP contribution >= 0.6 is 27.3 Å². The summed E-state index contributed by atoms with van der Waals surface area (Å²) in [5.74, 6) is 6.12. The van der Waals surface area contributed by atoms with Crippen LogP contribution in [0.1, 0.15) is 21.0 Å². The molecule has 0 saturated heterocycles. The number of benzene rings is 1. The first-order chi connectivity index (χ1) is 10.7. The standard InChI is InChI=1S/C17H10BrNO2S/c18-16-9-8-15(21-16)17(20)19-13-4-1-3-12(11-13)6-7-14-5-2-10-22-14/h1-5,8-11H,(H,19,20). The van der Waals surface area contributed by atoms with Gasteiger partial charge in [0.15, 0.2) is 10.4 Å². The Morgan fingerprint density at radius 2 is 2.05 bits per heavy atom. The molecule has 0 atom stereocenters. The van der Waals surface area contributed by atoms with Crippen molar-refractivity contribution in [1.29, 1.82) is 0 Å². The number of nitrogens with one attached hydrogen (secondary N) is 1. The van der Waals surface area contributed by atoms with E-state index in [0.29, 0.717) is 10.4 Å². The van der Waals surface area contributed by atoms with E-state index in [2.05, 4.69) is 33.1 Å². The van der Waals surface area contributed by atoms with Gasteiger partial charge in [0.1, 0.15) is 0 Å². The Hall–Kier alpha value is -2.29. The van der Waals surface area contributed by atoms with Crippen LogP contribution in [-0.4, -0.2) is 5.91 Å². The van der Waals surface area contributed by atoms with Crippen LogP contribution in [0, 0.1) is 11.8 Å². The highest BCUT2D eigenvalue weighted by Gasteiger charge is 2.10. The quantitative estimate of drug-likeness (QED) is 0.660. The van der Waals surface area contributed by atoms with E-state index in [1.54, 1.807) is 23.5 Å². The van der Waals surface area contributed by atoms with Crippen molar-refractivity contribution in [3.05, 3.63) is 74.8 Å². The predicted octanol–water partition coefficient (Wildman–Crippen LogP) is 4.76. The molecule has 0 aliphatic heterocycles. The lowest BCUT2D eigenvalue weighted by atomic mass is 10.2. The van der Waals surface area contributed by atoms with Crippen LogP contribution in [0.3, 0.4) is 0 Å². The molecule has 3 nitrogen and oxygen atoms in total. The van der Waals surface area contributed by atoms with Crippen molar-refractivity contribution in [1.82, 2.24) is 0 Å². The molecule has 1 aromatic carbocycles. The molecule has 22 heavy (non-hydrogen) atoms. The maximum absolute atomic E-state index is 12.0. The Morgan fingerprint density at radius 1 is 1.14 bits per heavy atom. The Bertz CT molecular complexity index is 856. The van der Waals surface area contributed by atoms with Crippen LogP contribution in [0.4, 0.5) is 5.69 Å². The monoisotopic (exact) mass is 371 g/mol. The van der Waals surface area contributed by atoms with E-state index in [4.69, 9.17) is 4.42 Å². The van der Waals surface area contributed by atoms with Gasteiger partial charge in [0.25, 0.3) is 5.91 Å². The van der Waals surface area contributed by atoms with Crippen LogP contribution < -0.4 is 5.32 Å². The molecule has 5 heteroatoms. The summed E-state index contributed by atoms with van der Waals surface area (Å²) >= 11 is 4.77. The van der Waals surface area contributed by atoms with Crippen molar-refractivity contribution in [3.8, 4) is 11.8 Å². The molecule has 0 bridgehead atoms. The van der Waals surface area contributed by atoms with Crippen molar-refractivity contribution in [3.63, 3.8) is 0 Å². The second kappa shape index (κ2) is 6.65. The van der Waals surface area contributed by atoms with Crippen LogP contribution in [-0.2, 0) is 0 Å². The number of halogens is 1. The van der Waals surface area contributed by atoms with E-state index >= 15 is 0 Å². The fourth-order valence-electron chi connectivity index (χ4n) is 1.79. The zero-order valence-corrected chi connectivity index (χ0v) is 13.7. The van der Waals surface area contributed by atoms with Gasteiger partial charge in [0.05, 0.1) is 4.88 Å². The van der Waals surface area contributed by atoms with E-state index in [9.17, 15) is 4.79 Å². The van der Waals surface area contributed by atoms with Gasteiger partial charge in [-0.15, -0.1) is 11.3 Å². The molecule has 1 amide bonds. The number of anilines is 1. The highest BCUT2D eigenvalue weighted by molar-refractivity contribution is 9.10. The van der Waals surface area contributed by atoms with Gasteiger partial charge in [0.2, 0.25) is 0 Å². The average Bonchev–Trinajstić information content (AvgIpc) is 3.17. The average molecular weight is 372 g/mol. The highest BCUT2D eigenvalue weighted by Crippen LogP contribution is 2.17. The summed E-state index contributed by atoms with van der Waals surface area (Å²) in [7, 11) is 0. The number of hydrogen-bond donors (Lipinski definition) is 1. The number of amides is 1. The van der Waals surface area contributed by atoms with E-state index < -0.39 is 0 Å². The third-order valence-corrected chi connectivity index (χ3v) is 3.98. The maximum atomic E-state index is 12.0. The zero-order chi connectivity index (χ0) is 15.4. The number of furan rings is 1. The van der Waals surface area contributed by atoms with Crippen LogP contribution in [0.15, 0.2) is 63.0 Å². The topological polar surface area (TPSA) is 42.2 Å². The minimum atomic E-state index is -0.297. The molecule has 0 aliphatic carbocycles.